The predicted octanol–water partition coefficient (Wildman–Crippen LogP) is 2.49. The van der Waals surface area contributed by atoms with Crippen LogP contribution in [0.1, 0.15) is 46.5 Å². The van der Waals surface area contributed by atoms with Crippen molar-refractivity contribution in [3.8, 4) is 0 Å². The van der Waals surface area contributed by atoms with E-state index in [4.69, 9.17) is 0 Å². The first-order chi connectivity index (χ1) is 7.68. The fourth-order valence-corrected chi connectivity index (χ4v) is 3.10. The second-order valence-corrected chi connectivity index (χ2v) is 6.09. The molecule has 0 spiro atoms. The van der Waals surface area contributed by atoms with Crippen molar-refractivity contribution >= 4 is 0 Å². The molecule has 0 aromatic heterocycles. The molecule has 1 saturated heterocycles. The number of hydrogen-bond acceptors (Lipinski definition) is 2. The fraction of sp³-hybridized carbons (Fsp3) is 1.00. The van der Waals surface area contributed by atoms with Crippen molar-refractivity contribution in [2.24, 2.45) is 11.8 Å². The Morgan fingerprint density at radius 2 is 2.00 bits per heavy atom. The Labute approximate surface area is 101 Å². The van der Waals surface area contributed by atoms with Gasteiger partial charge in [0.05, 0.1) is 0 Å². The minimum atomic E-state index is 0.776. The lowest BCUT2D eigenvalue weighted by atomic mass is 10.00. The zero-order valence-electron chi connectivity index (χ0n) is 11.2. The van der Waals surface area contributed by atoms with Crippen LogP contribution < -0.4 is 5.32 Å². The summed E-state index contributed by atoms with van der Waals surface area (Å²) in [4.78, 5) is 2.64. The van der Waals surface area contributed by atoms with Crippen LogP contribution in [0.2, 0.25) is 0 Å². The van der Waals surface area contributed by atoms with Crippen LogP contribution >= 0.6 is 0 Å². The zero-order chi connectivity index (χ0) is 11.5. The van der Waals surface area contributed by atoms with Crippen LogP contribution in [0.3, 0.4) is 0 Å². The van der Waals surface area contributed by atoms with Crippen LogP contribution in [0, 0.1) is 11.8 Å². The van der Waals surface area contributed by atoms with E-state index in [0.29, 0.717) is 0 Å². The summed E-state index contributed by atoms with van der Waals surface area (Å²) in [6, 6.07) is 1.60. The van der Waals surface area contributed by atoms with Crippen molar-refractivity contribution in [1.82, 2.24) is 10.2 Å². The van der Waals surface area contributed by atoms with Gasteiger partial charge in [0.15, 0.2) is 0 Å². The van der Waals surface area contributed by atoms with Crippen molar-refractivity contribution in [3.63, 3.8) is 0 Å². The Bertz CT molecular complexity index is 209. The molecule has 2 atom stereocenters. The van der Waals surface area contributed by atoms with Gasteiger partial charge in [-0.25, -0.2) is 0 Å². The van der Waals surface area contributed by atoms with E-state index in [0.717, 1.165) is 23.9 Å². The molecular weight excluding hydrogens is 196 g/mol. The minimum absolute atomic E-state index is 0.776. The highest BCUT2D eigenvalue weighted by Crippen LogP contribution is 2.35. The van der Waals surface area contributed by atoms with E-state index in [1.165, 1.54) is 45.3 Å². The monoisotopic (exact) mass is 224 g/mol. The fourth-order valence-electron chi connectivity index (χ4n) is 3.10. The van der Waals surface area contributed by atoms with E-state index in [-0.39, 0.29) is 0 Å². The van der Waals surface area contributed by atoms with Gasteiger partial charge in [-0.15, -0.1) is 0 Å². The van der Waals surface area contributed by atoms with Crippen molar-refractivity contribution in [3.05, 3.63) is 0 Å². The van der Waals surface area contributed by atoms with Gasteiger partial charge >= 0.3 is 0 Å². The van der Waals surface area contributed by atoms with Gasteiger partial charge in [0.2, 0.25) is 0 Å². The van der Waals surface area contributed by atoms with Crippen molar-refractivity contribution in [2.75, 3.05) is 19.6 Å². The highest BCUT2D eigenvalue weighted by Gasteiger charge is 2.32. The molecule has 94 valence electrons. The van der Waals surface area contributed by atoms with E-state index in [9.17, 15) is 0 Å². The lowest BCUT2D eigenvalue weighted by molar-refractivity contribution is 0.253. The topological polar surface area (TPSA) is 15.3 Å². The molecule has 0 aromatic carbocycles. The van der Waals surface area contributed by atoms with Crippen LogP contribution in [0.5, 0.6) is 0 Å². The summed E-state index contributed by atoms with van der Waals surface area (Å²) in [6.45, 7) is 10.8. The molecule has 2 heteroatoms. The Balaban J connectivity index is 1.66. The molecule has 16 heavy (non-hydrogen) atoms. The molecule has 1 aliphatic heterocycles. The summed E-state index contributed by atoms with van der Waals surface area (Å²) in [5, 5.41) is 3.79. The second kappa shape index (κ2) is 5.50. The van der Waals surface area contributed by atoms with Gasteiger partial charge in [-0.2, -0.15) is 0 Å². The Morgan fingerprint density at radius 3 is 2.50 bits per heavy atom. The third kappa shape index (κ3) is 3.21. The molecule has 2 fully saturated rings. The summed E-state index contributed by atoms with van der Waals surface area (Å²) in [5.41, 5.74) is 0. The summed E-state index contributed by atoms with van der Waals surface area (Å²) in [6.07, 6.45) is 5.71. The van der Waals surface area contributed by atoms with Crippen molar-refractivity contribution < 1.29 is 0 Å². The van der Waals surface area contributed by atoms with E-state index in [1.54, 1.807) is 0 Å². The summed E-state index contributed by atoms with van der Waals surface area (Å²) >= 11 is 0. The zero-order valence-corrected chi connectivity index (χ0v) is 11.2. The maximum absolute atomic E-state index is 3.79. The third-order valence-electron chi connectivity index (χ3n) is 4.32. The Hall–Kier alpha value is -0.0800. The number of rotatable bonds is 6. The predicted molar refractivity (Wildman–Crippen MR) is 69.6 cm³/mol. The van der Waals surface area contributed by atoms with Crippen LogP contribution in [-0.4, -0.2) is 36.6 Å². The van der Waals surface area contributed by atoms with Gasteiger partial charge in [0.1, 0.15) is 0 Å². The SMILES string of the molecule is CC(C)C(NCCN1CCCC1C)C1CC1. The van der Waals surface area contributed by atoms with Gasteiger partial charge in [0, 0.05) is 25.2 Å². The van der Waals surface area contributed by atoms with Gasteiger partial charge < -0.3 is 5.32 Å². The van der Waals surface area contributed by atoms with Crippen molar-refractivity contribution in [1.29, 1.82) is 0 Å². The van der Waals surface area contributed by atoms with E-state index in [2.05, 4.69) is 31.0 Å². The molecule has 2 aliphatic rings. The molecule has 1 N–H and O–H groups in total. The number of likely N-dealkylation sites (tertiary alicyclic amines) is 1. The molecule has 0 bridgehead atoms. The molecule has 0 amide bonds. The molecule has 2 nitrogen and oxygen atoms in total. The maximum atomic E-state index is 3.79. The largest absolute Gasteiger partial charge is 0.312 e. The quantitative estimate of drug-likeness (QED) is 0.746. The minimum Gasteiger partial charge on any atom is -0.312 e. The molecule has 0 aromatic rings. The van der Waals surface area contributed by atoms with Crippen LogP contribution in [0.4, 0.5) is 0 Å². The Morgan fingerprint density at radius 1 is 1.25 bits per heavy atom. The first kappa shape index (κ1) is 12.4. The normalized spacial score (nSPS) is 28.9. The standard InChI is InChI=1S/C14H28N2/c1-11(2)14(13-6-7-13)15-8-10-16-9-4-5-12(16)3/h11-15H,4-10H2,1-3H3. The molecule has 2 rings (SSSR count). The smallest absolute Gasteiger partial charge is 0.0119 e. The van der Waals surface area contributed by atoms with Gasteiger partial charge in [0.25, 0.3) is 0 Å². The summed E-state index contributed by atoms with van der Waals surface area (Å²) in [7, 11) is 0. The van der Waals surface area contributed by atoms with E-state index < -0.39 is 0 Å². The van der Waals surface area contributed by atoms with Crippen molar-refractivity contribution in [2.45, 2.75) is 58.5 Å². The lowest BCUT2D eigenvalue weighted by Gasteiger charge is -2.26. The Kier molecular flexibility index (Phi) is 4.26. The van der Waals surface area contributed by atoms with E-state index in [1.807, 2.05) is 0 Å². The first-order valence-electron chi connectivity index (χ1n) is 7.16. The molecule has 1 aliphatic carbocycles. The van der Waals surface area contributed by atoms with Gasteiger partial charge in [-0.3, -0.25) is 4.90 Å². The molecule has 2 unspecified atom stereocenters. The van der Waals surface area contributed by atoms with Crippen LogP contribution in [0.25, 0.3) is 0 Å². The van der Waals surface area contributed by atoms with Crippen LogP contribution in [-0.2, 0) is 0 Å². The summed E-state index contributed by atoms with van der Waals surface area (Å²) in [5.74, 6) is 1.78. The van der Waals surface area contributed by atoms with Crippen LogP contribution in [0.15, 0.2) is 0 Å². The average Bonchev–Trinajstić information content (AvgIpc) is 2.98. The molecular formula is C14H28N2. The third-order valence-corrected chi connectivity index (χ3v) is 4.32. The summed E-state index contributed by atoms with van der Waals surface area (Å²) < 4.78 is 0. The highest BCUT2D eigenvalue weighted by molar-refractivity contribution is 4.88. The molecule has 1 heterocycles. The second-order valence-electron chi connectivity index (χ2n) is 6.09. The average molecular weight is 224 g/mol. The first-order valence-corrected chi connectivity index (χ1v) is 7.16. The highest BCUT2D eigenvalue weighted by atomic mass is 15.2. The number of nitrogens with one attached hydrogen (secondary N) is 1. The molecule has 0 radical (unpaired) electrons. The van der Waals surface area contributed by atoms with Gasteiger partial charge in [-0.1, -0.05) is 13.8 Å². The number of nitrogens with zero attached hydrogens (tertiary/aromatic N) is 1. The maximum Gasteiger partial charge on any atom is 0.0119 e. The number of hydrogen-bond donors (Lipinski definition) is 1. The van der Waals surface area contributed by atoms with E-state index >= 15 is 0 Å². The van der Waals surface area contributed by atoms with Gasteiger partial charge in [-0.05, 0) is 51.0 Å². The molecule has 1 saturated carbocycles. The lowest BCUT2D eigenvalue weighted by Crippen LogP contribution is -2.41.